The lowest BCUT2D eigenvalue weighted by Gasteiger charge is -2.09. The molecule has 0 radical (unpaired) electrons. The second-order valence-electron chi connectivity index (χ2n) is 6.17. The third-order valence-corrected chi connectivity index (χ3v) is 5.51. The van der Waals surface area contributed by atoms with Gasteiger partial charge in [-0.3, -0.25) is 4.79 Å². The minimum atomic E-state index is -0.272. The Morgan fingerprint density at radius 3 is 2.73 bits per heavy atom. The lowest BCUT2D eigenvalue weighted by atomic mass is 10.2. The first-order valence-corrected chi connectivity index (χ1v) is 9.73. The molecule has 4 aromatic rings. The number of aromatic nitrogens is 5. The van der Waals surface area contributed by atoms with Crippen molar-refractivity contribution in [2.24, 2.45) is 0 Å². The SMILES string of the molecule is COc1ccc(-c2nc(C)c(C(=O)Nc3cccnc3-n3cncn3)s2)cc1OC. The monoisotopic (exact) mass is 422 g/mol. The van der Waals surface area contributed by atoms with E-state index < -0.39 is 0 Å². The minimum absolute atomic E-state index is 0.272. The van der Waals surface area contributed by atoms with E-state index in [0.29, 0.717) is 38.6 Å². The highest BCUT2D eigenvalue weighted by molar-refractivity contribution is 7.17. The lowest BCUT2D eigenvalue weighted by molar-refractivity contribution is 0.102. The van der Waals surface area contributed by atoms with Gasteiger partial charge in [0.15, 0.2) is 17.3 Å². The zero-order valence-corrected chi connectivity index (χ0v) is 17.3. The Labute approximate surface area is 176 Å². The van der Waals surface area contributed by atoms with Crippen LogP contribution in [0.5, 0.6) is 11.5 Å². The quantitative estimate of drug-likeness (QED) is 0.508. The Morgan fingerprint density at radius 2 is 2.00 bits per heavy atom. The van der Waals surface area contributed by atoms with Crippen molar-refractivity contribution in [2.45, 2.75) is 6.92 Å². The van der Waals surface area contributed by atoms with E-state index in [4.69, 9.17) is 9.47 Å². The number of thiazole rings is 1. The number of methoxy groups -OCH3 is 2. The largest absolute Gasteiger partial charge is 0.493 e. The molecule has 0 bridgehead atoms. The van der Waals surface area contributed by atoms with Crippen LogP contribution in [0.2, 0.25) is 0 Å². The summed E-state index contributed by atoms with van der Waals surface area (Å²) in [6.07, 6.45) is 4.55. The number of nitrogens with one attached hydrogen (secondary N) is 1. The van der Waals surface area contributed by atoms with Crippen molar-refractivity contribution in [1.82, 2.24) is 24.7 Å². The van der Waals surface area contributed by atoms with Crippen LogP contribution in [0.25, 0.3) is 16.4 Å². The van der Waals surface area contributed by atoms with Crippen molar-refractivity contribution < 1.29 is 14.3 Å². The average molecular weight is 422 g/mol. The van der Waals surface area contributed by atoms with Gasteiger partial charge in [-0.15, -0.1) is 11.3 Å². The summed E-state index contributed by atoms with van der Waals surface area (Å²) in [5, 5.41) is 7.69. The van der Waals surface area contributed by atoms with Crippen LogP contribution >= 0.6 is 11.3 Å². The maximum absolute atomic E-state index is 13.0. The van der Waals surface area contributed by atoms with E-state index in [1.54, 1.807) is 39.5 Å². The predicted molar refractivity (Wildman–Crippen MR) is 112 cm³/mol. The fourth-order valence-electron chi connectivity index (χ4n) is 2.87. The molecule has 10 heteroatoms. The molecule has 0 aliphatic carbocycles. The molecule has 1 amide bonds. The van der Waals surface area contributed by atoms with Gasteiger partial charge < -0.3 is 14.8 Å². The van der Waals surface area contributed by atoms with Crippen LogP contribution in [0.1, 0.15) is 15.4 Å². The minimum Gasteiger partial charge on any atom is -0.493 e. The number of rotatable bonds is 6. The van der Waals surface area contributed by atoms with Crippen molar-refractivity contribution in [1.29, 1.82) is 0 Å². The molecule has 30 heavy (non-hydrogen) atoms. The first-order chi connectivity index (χ1) is 14.6. The Balaban J connectivity index is 1.63. The molecule has 1 N–H and O–H groups in total. The van der Waals surface area contributed by atoms with Crippen LogP contribution in [-0.4, -0.2) is 44.9 Å². The summed E-state index contributed by atoms with van der Waals surface area (Å²) in [7, 11) is 3.16. The Morgan fingerprint density at radius 1 is 1.17 bits per heavy atom. The van der Waals surface area contributed by atoms with Gasteiger partial charge in [-0.25, -0.2) is 19.6 Å². The van der Waals surface area contributed by atoms with E-state index in [2.05, 4.69) is 25.4 Å². The highest BCUT2D eigenvalue weighted by Gasteiger charge is 2.19. The van der Waals surface area contributed by atoms with Crippen molar-refractivity contribution in [2.75, 3.05) is 19.5 Å². The molecule has 0 aliphatic rings. The molecule has 152 valence electrons. The maximum atomic E-state index is 13.0. The van der Waals surface area contributed by atoms with Crippen molar-refractivity contribution in [3.63, 3.8) is 0 Å². The van der Waals surface area contributed by atoms with Gasteiger partial charge in [0.05, 0.1) is 25.6 Å². The topological polar surface area (TPSA) is 104 Å². The number of benzene rings is 1. The van der Waals surface area contributed by atoms with E-state index in [9.17, 15) is 4.79 Å². The van der Waals surface area contributed by atoms with E-state index in [1.807, 2.05) is 18.2 Å². The fraction of sp³-hybridized carbons (Fsp3) is 0.150. The molecule has 3 aromatic heterocycles. The molecule has 9 nitrogen and oxygen atoms in total. The van der Waals surface area contributed by atoms with Crippen LogP contribution in [0.4, 0.5) is 5.69 Å². The molecule has 3 heterocycles. The first-order valence-electron chi connectivity index (χ1n) is 8.92. The molecule has 0 unspecified atom stereocenters. The first kappa shape index (κ1) is 19.5. The van der Waals surface area contributed by atoms with E-state index in [-0.39, 0.29) is 5.91 Å². The fourth-order valence-corrected chi connectivity index (χ4v) is 3.83. The molecule has 0 atom stereocenters. The summed E-state index contributed by atoms with van der Waals surface area (Å²) >= 11 is 1.30. The van der Waals surface area contributed by atoms with E-state index in [1.165, 1.54) is 28.7 Å². The number of aryl methyl sites for hydroxylation is 1. The molecule has 0 saturated heterocycles. The molecule has 0 aliphatic heterocycles. The standard InChI is InChI=1S/C20H18N6O3S/c1-12-17(30-20(24-12)13-6-7-15(28-2)16(9-13)29-3)19(27)25-14-5-4-8-22-18(14)26-11-21-10-23-26/h4-11H,1-3H3,(H,25,27). The second kappa shape index (κ2) is 8.29. The van der Waals surface area contributed by atoms with Gasteiger partial charge in [-0.1, -0.05) is 0 Å². The second-order valence-corrected chi connectivity index (χ2v) is 7.17. The number of carbonyl (C=O) groups excluding carboxylic acids is 1. The zero-order valence-electron chi connectivity index (χ0n) is 16.5. The molecule has 1 aromatic carbocycles. The summed E-state index contributed by atoms with van der Waals surface area (Å²) in [5.74, 6) is 1.43. The number of hydrogen-bond acceptors (Lipinski definition) is 8. The van der Waals surface area contributed by atoms with Crippen LogP contribution in [0.3, 0.4) is 0 Å². The third-order valence-electron chi connectivity index (χ3n) is 4.30. The summed E-state index contributed by atoms with van der Waals surface area (Å²) in [5.41, 5.74) is 1.99. The smallest absolute Gasteiger partial charge is 0.267 e. The van der Waals surface area contributed by atoms with Crippen LogP contribution in [-0.2, 0) is 0 Å². The van der Waals surface area contributed by atoms with Gasteiger partial charge in [0, 0.05) is 11.8 Å². The van der Waals surface area contributed by atoms with E-state index >= 15 is 0 Å². The van der Waals surface area contributed by atoms with Gasteiger partial charge in [-0.2, -0.15) is 5.10 Å². The molecule has 0 fully saturated rings. The number of amides is 1. The van der Waals surface area contributed by atoms with Gasteiger partial charge in [-0.05, 0) is 37.3 Å². The highest BCUT2D eigenvalue weighted by Crippen LogP contribution is 2.35. The van der Waals surface area contributed by atoms with Gasteiger partial charge >= 0.3 is 0 Å². The average Bonchev–Trinajstić information content (AvgIpc) is 3.43. The predicted octanol–water partition coefficient (Wildman–Crippen LogP) is 3.36. The molecule has 0 spiro atoms. The Kier molecular flexibility index (Phi) is 5.40. The van der Waals surface area contributed by atoms with Gasteiger partial charge in [0.25, 0.3) is 5.91 Å². The normalized spacial score (nSPS) is 10.6. The number of carbonyl (C=O) groups is 1. The molecular formula is C20H18N6O3S. The Hall–Kier alpha value is -3.79. The van der Waals surface area contributed by atoms with Crippen molar-refractivity contribution in [3.05, 3.63) is 59.8 Å². The number of hydrogen-bond donors (Lipinski definition) is 1. The third kappa shape index (κ3) is 3.72. The highest BCUT2D eigenvalue weighted by atomic mass is 32.1. The molecular weight excluding hydrogens is 404 g/mol. The van der Waals surface area contributed by atoms with E-state index in [0.717, 1.165) is 5.56 Å². The number of nitrogens with zero attached hydrogens (tertiary/aromatic N) is 5. The summed E-state index contributed by atoms with van der Waals surface area (Å²) in [4.78, 5) is 26.3. The molecule has 0 saturated carbocycles. The number of ether oxygens (including phenoxy) is 2. The summed E-state index contributed by atoms with van der Waals surface area (Å²) in [6.45, 7) is 1.80. The summed E-state index contributed by atoms with van der Waals surface area (Å²) in [6, 6.07) is 9.02. The number of anilines is 1. The maximum Gasteiger partial charge on any atom is 0.267 e. The van der Waals surface area contributed by atoms with Crippen molar-refractivity contribution >= 4 is 22.9 Å². The summed E-state index contributed by atoms with van der Waals surface area (Å²) < 4.78 is 12.1. The number of pyridine rings is 1. The van der Waals surface area contributed by atoms with Crippen LogP contribution in [0.15, 0.2) is 49.2 Å². The lowest BCUT2D eigenvalue weighted by Crippen LogP contribution is -2.14. The van der Waals surface area contributed by atoms with Crippen LogP contribution in [0, 0.1) is 6.92 Å². The van der Waals surface area contributed by atoms with Crippen LogP contribution < -0.4 is 14.8 Å². The van der Waals surface area contributed by atoms with Gasteiger partial charge in [0.2, 0.25) is 0 Å². The van der Waals surface area contributed by atoms with Crippen molar-refractivity contribution in [3.8, 4) is 27.9 Å². The molecule has 4 rings (SSSR count). The Bertz CT molecular complexity index is 1190. The van der Waals surface area contributed by atoms with Gasteiger partial charge in [0.1, 0.15) is 22.5 Å². The zero-order chi connectivity index (χ0) is 21.1.